The lowest BCUT2D eigenvalue weighted by Gasteiger charge is -2.46. The summed E-state index contributed by atoms with van der Waals surface area (Å²) in [6.07, 6.45) is 4.38. The molecule has 2 fully saturated rings. The van der Waals surface area contributed by atoms with E-state index in [1.165, 1.54) is 12.8 Å². The van der Waals surface area contributed by atoms with Crippen molar-refractivity contribution in [3.63, 3.8) is 0 Å². The second-order valence-electron chi connectivity index (χ2n) is 5.39. The van der Waals surface area contributed by atoms with E-state index in [1.54, 1.807) is 0 Å². The fourth-order valence-electron chi connectivity index (χ4n) is 3.39. The Kier molecular flexibility index (Phi) is 5.42. The van der Waals surface area contributed by atoms with Gasteiger partial charge in [0, 0.05) is 51.7 Å². The van der Waals surface area contributed by atoms with Crippen LogP contribution in [0.1, 0.15) is 32.6 Å². The summed E-state index contributed by atoms with van der Waals surface area (Å²) in [7, 11) is 1.85. The van der Waals surface area contributed by atoms with Gasteiger partial charge in [0.1, 0.15) is 0 Å². The van der Waals surface area contributed by atoms with Gasteiger partial charge < -0.3 is 19.5 Å². The maximum atomic E-state index is 5.95. The van der Waals surface area contributed by atoms with Crippen LogP contribution in [0.2, 0.25) is 0 Å². The van der Waals surface area contributed by atoms with Crippen LogP contribution in [-0.2, 0) is 14.2 Å². The zero-order valence-electron chi connectivity index (χ0n) is 11.7. The van der Waals surface area contributed by atoms with Gasteiger partial charge in [-0.25, -0.2) is 0 Å². The second-order valence-corrected chi connectivity index (χ2v) is 5.39. The van der Waals surface area contributed by atoms with Crippen LogP contribution in [0.5, 0.6) is 0 Å². The van der Waals surface area contributed by atoms with Gasteiger partial charge in [-0.3, -0.25) is 0 Å². The quantitative estimate of drug-likeness (QED) is 0.812. The molecular formula is C14H27NO3. The van der Waals surface area contributed by atoms with Gasteiger partial charge in [0.2, 0.25) is 0 Å². The Morgan fingerprint density at radius 3 is 2.61 bits per heavy atom. The molecule has 0 saturated carbocycles. The summed E-state index contributed by atoms with van der Waals surface area (Å²) in [6, 6.07) is 0.386. The first-order valence-corrected chi connectivity index (χ1v) is 7.26. The third kappa shape index (κ3) is 3.05. The molecule has 2 rings (SSSR count). The standard InChI is InChI=1S/C14H27NO3/c1-3-15-13(12-5-4-8-18-11-12)14(16-2)6-9-17-10-7-14/h12-13,15H,3-11H2,1-2H3. The molecule has 2 aliphatic heterocycles. The molecular weight excluding hydrogens is 230 g/mol. The van der Waals surface area contributed by atoms with E-state index in [-0.39, 0.29) is 5.60 Å². The molecule has 0 aromatic heterocycles. The summed E-state index contributed by atoms with van der Waals surface area (Å²) in [4.78, 5) is 0. The molecule has 1 N–H and O–H groups in total. The molecule has 0 bridgehead atoms. The lowest BCUT2D eigenvalue weighted by Crippen LogP contribution is -2.59. The first-order chi connectivity index (χ1) is 8.82. The summed E-state index contributed by atoms with van der Waals surface area (Å²) < 4.78 is 17.1. The van der Waals surface area contributed by atoms with E-state index >= 15 is 0 Å². The highest BCUT2D eigenvalue weighted by atomic mass is 16.5. The van der Waals surface area contributed by atoms with E-state index < -0.39 is 0 Å². The monoisotopic (exact) mass is 257 g/mol. The molecule has 106 valence electrons. The molecule has 2 saturated heterocycles. The molecule has 18 heavy (non-hydrogen) atoms. The highest BCUT2D eigenvalue weighted by Crippen LogP contribution is 2.34. The van der Waals surface area contributed by atoms with Crippen LogP contribution in [0, 0.1) is 5.92 Å². The van der Waals surface area contributed by atoms with Crippen molar-refractivity contribution < 1.29 is 14.2 Å². The van der Waals surface area contributed by atoms with Crippen LogP contribution in [0.15, 0.2) is 0 Å². The lowest BCUT2D eigenvalue weighted by atomic mass is 9.77. The van der Waals surface area contributed by atoms with Gasteiger partial charge in [-0.2, -0.15) is 0 Å². The van der Waals surface area contributed by atoms with Crippen LogP contribution in [0.3, 0.4) is 0 Å². The summed E-state index contributed by atoms with van der Waals surface area (Å²) >= 11 is 0. The van der Waals surface area contributed by atoms with E-state index in [0.717, 1.165) is 45.8 Å². The number of hydrogen-bond acceptors (Lipinski definition) is 4. The topological polar surface area (TPSA) is 39.7 Å². The number of methoxy groups -OCH3 is 1. The Morgan fingerprint density at radius 1 is 1.28 bits per heavy atom. The normalized spacial score (nSPS) is 30.0. The lowest BCUT2D eigenvalue weighted by molar-refractivity contribution is -0.130. The van der Waals surface area contributed by atoms with E-state index in [4.69, 9.17) is 14.2 Å². The summed E-state index contributed by atoms with van der Waals surface area (Å²) in [6.45, 7) is 6.54. The van der Waals surface area contributed by atoms with E-state index in [0.29, 0.717) is 12.0 Å². The number of likely N-dealkylation sites (N-methyl/N-ethyl adjacent to an activating group) is 1. The van der Waals surface area contributed by atoms with Crippen LogP contribution >= 0.6 is 0 Å². The molecule has 0 spiro atoms. The maximum Gasteiger partial charge on any atom is 0.0878 e. The molecule has 2 aliphatic rings. The predicted octanol–water partition coefficient (Wildman–Crippen LogP) is 1.59. The zero-order valence-corrected chi connectivity index (χ0v) is 11.7. The van der Waals surface area contributed by atoms with Crippen LogP contribution in [-0.4, -0.2) is 51.7 Å². The minimum Gasteiger partial charge on any atom is -0.381 e. The maximum absolute atomic E-state index is 5.95. The van der Waals surface area contributed by atoms with Crippen LogP contribution in [0.4, 0.5) is 0 Å². The number of hydrogen-bond donors (Lipinski definition) is 1. The van der Waals surface area contributed by atoms with Crippen molar-refractivity contribution >= 4 is 0 Å². The molecule has 0 radical (unpaired) electrons. The Hall–Kier alpha value is -0.160. The molecule has 0 aromatic carbocycles. The summed E-state index contributed by atoms with van der Waals surface area (Å²) in [5.41, 5.74) is -0.0698. The Balaban J connectivity index is 2.09. The van der Waals surface area contributed by atoms with Gasteiger partial charge in [-0.05, 0) is 19.4 Å². The fraction of sp³-hybridized carbons (Fsp3) is 1.00. The molecule has 0 amide bonds. The van der Waals surface area contributed by atoms with Gasteiger partial charge in [0.25, 0.3) is 0 Å². The van der Waals surface area contributed by atoms with E-state index in [1.807, 2.05) is 7.11 Å². The average Bonchev–Trinajstić information content (AvgIpc) is 2.46. The van der Waals surface area contributed by atoms with Gasteiger partial charge >= 0.3 is 0 Å². The van der Waals surface area contributed by atoms with Crippen LogP contribution in [0.25, 0.3) is 0 Å². The predicted molar refractivity (Wildman–Crippen MR) is 70.8 cm³/mol. The zero-order chi connectivity index (χ0) is 12.8. The van der Waals surface area contributed by atoms with Crippen molar-refractivity contribution in [1.29, 1.82) is 0 Å². The molecule has 0 aliphatic carbocycles. The molecule has 2 atom stereocenters. The third-order valence-electron chi connectivity index (χ3n) is 4.40. The smallest absolute Gasteiger partial charge is 0.0878 e. The van der Waals surface area contributed by atoms with Crippen molar-refractivity contribution in [3.05, 3.63) is 0 Å². The van der Waals surface area contributed by atoms with Gasteiger partial charge in [0.15, 0.2) is 0 Å². The van der Waals surface area contributed by atoms with Crippen molar-refractivity contribution in [2.24, 2.45) is 5.92 Å². The van der Waals surface area contributed by atoms with Crippen molar-refractivity contribution in [2.45, 2.75) is 44.2 Å². The SMILES string of the molecule is CCNC(C1CCCOC1)C1(OC)CCOCC1. The van der Waals surface area contributed by atoms with Gasteiger partial charge in [0.05, 0.1) is 12.2 Å². The van der Waals surface area contributed by atoms with Crippen LogP contribution < -0.4 is 5.32 Å². The summed E-state index contributed by atoms with van der Waals surface area (Å²) in [5, 5.41) is 3.65. The van der Waals surface area contributed by atoms with Crippen molar-refractivity contribution in [3.8, 4) is 0 Å². The second kappa shape index (κ2) is 6.85. The minimum atomic E-state index is -0.0698. The number of rotatable bonds is 5. The molecule has 0 aromatic rings. The minimum absolute atomic E-state index is 0.0698. The van der Waals surface area contributed by atoms with E-state index in [9.17, 15) is 0 Å². The molecule has 2 unspecified atom stereocenters. The Bertz CT molecular complexity index is 235. The van der Waals surface area contributed by atoms with Crippen molar-refractivity contribution in [2.75, 3.05) is 40.1 Å². The number of ether oxygens (including phenoxy) is 3. The number of nitrogens with one attached hydrogen (secondary N) is 1. The first kappa shape index (κ1) is 14.3. The van der Waals surface area contributed by atoms with Gasteiger partial charge in [-0.15, -0.1) is 0 Å². The Labute approximate surface area is 110 Å². The largest absolute Gasteiger partial charge is 0.381 e. The first-order valence-electron chi connectivity index (χ1n) is 7.26. The molecule has 2 heterocycles. The van der Waals surface area contributed by atoms with Gasteiger partial charge in [-0.1, -0.05) is 6.92 Å². The van der Waals surface area contributed by atoms with Crippen molar-refractivity contribution in [1.82, 2.24) is 5.32 Å². The molecule has 4 nitrogen and oxygen atoms in total. The third-order valence-corrected chi connectivity index (χ3v) is 4.40. The van der Waals surface area contributed by atoms with E-state index in [2.05, 4.69) is 12.2 Å². The fourth-order valence-corrected chi connectivity index (χ4v) is 3.39. The Morgan fingerprint density at radius 2 is 2.06 bits per heavy atom. The molecule has 4 heteroatoms. The summed E-state index contributed by atoms with van der Waals surface area (Å²) in [5.74, 6) is 0.566. The highest BCUT2D eigenvalue weighted by Gasteiger charge is 2.44. The highest BCUT2D eigenvalue weighted by molar-refractivity contribution is 4.98. The average molecular weight is 257 g/mol.